The van der Waals surface area contributed by atoms with Crippen molar-refractivity contribution in [3.63, 3.8) is 0 Å². The van der Waals surface area contributed by atoms with Crippen molar-refractivity contribution in [1.29, 1.82) is 0 Å². The minimum Gasteiger partial charge on any atom is -0.324 e. The molecule has 0 aliphatic carbocycles. The van der Waals surface area contributed by atoms with Gasteiger partial charge in [0.25, 0.3) is 0 Å². The molecule has 0 bridgehead atoms. The molecule has 5 heteroatoms. The van der Waals surface area contributed by atoms with Gasteiger partial charge < -0.3 is 11.1 Å². The number of nitrogens with zero attached hydrogens (tertiary/aromatic N) is 1. The summed E-state index contributed by atoms with van der Waals surface area (Å²) in [5, 5.41) is 2.76. The normalized spacial score (nSPS) is 11.9. The maximum absolute atomic E-state index is 11.9. The van der Waals surface area contributed by atoms with Crippen molar-refractivity contribution in [1.82, 2.24) is 4.98 Å². The molecule has 0 aliphatic rings. The van der Waals surface area contributed by atoms with Crippen molar-refractivity contribution in [2.75, 3.05) is 5.32 Å². The Labute approximate surface area is 126 Å². The number of aromatic nitrogens is 1. The Hall–Kier alpha value is -1.72. The third-order valence-corrected chi connectivity index (χ3v) is 3.57. The number of halogens is 1. The Balaban J connectivity index is 1.85. The Bertz CT molecular complexity index is 574. The van der Waals surface area contributed by atoms with E-state index in [2.05, 4.69) is 26.2 Å². The number of pyridine rings is 1. The van der Waals surface area contributed by atoms with Crippen molar-refractivity contribution in [2.45, 2.75) is 18.9 Å². The van der Waals surface area contributed by atoms with Crippen LogP contribution < -0.4 is 11.1 Å². The standard InChI is InChI=1S/C15H16BrN3O/c16-12-7-4-10-18-15(12)19-14(20)9-8-13(17)11-5-2-1-3-6-11/h1-7,10,13H,8-9,17H2,(H,18,19,20). The van der Waals surface area contributed by atoms with Gasteiger partial charge in [-0.1, -0.05) is 30.3 Å². The molecular weight excluding hydrogens is 318 g/mol. The highest BCUT2D eigenvalue weighted by atomic mass is 79.9. The number of carbonyl (C=O) groups excluding carboxylic acids is 1. The number of hydrogen-bond donors (Lipinski definition) is 2. The van der Waals surface area contributed by atoms with Gasteiger partial charge in [0.1, 0.15) is 5.82 Å². The first-order chi connectivity index (χ1) is 9.66. The Morgan fingerprint density at radius 3 is 2.70 bits per heavy atom. The van der Waals surface area contributed by atoms with E-state index in [-0.39, 0.29) is 11.9 Å². The first-order valence-corrected chi connectivity index (χ1v) is 7.17. The molecule has 0 saturated carbocycles. The van der Waals surface area contributed by atoms with Crippen LogP contribution in [0.2, 0.25) is 0 Å². The topological polar surface area (TPSA) is 68.0 Å². The van der Waals surface area contributed by atoms with E-state index >= 15 is 0 Å². The average molecular weight is 334 g/mol. The SMILES string of the molecule is NC(CCC(=O)Nc1ncccc1Br)c1ccccc1. The molecule has 1 unspecified atom stereocenters. The van der Waals surface area contributed by atoms with E-state index < -0.39 is 0 Å². The summed E-state index contributed by atoms with van der Waals surface area (Å²) in [6.45, 7) is 0. The molecule has 20 heavy (non-hydrogen) atoms. The number of carbonyl (C=O) groups is 1. The summed E-state index contributed by atoms with van der Waals surface area (Å²) in [4.78, 5) is 16.0. The van der Waals surface area contributed by atoms with E-state index in [9.17, 15) is 4.79 Å². The number of anilines is 1. The summed E-state index contributed by atoms with van der Waals surface area (Å²) < 4.78 is 0.765. The minimum absolute atomic E-state index is 0.0872. The molecule has 2 rings (SSSR count). The van der Waals surface area contributed by atoms with E-state index in [1.165, 1.54) is 0 Å². The largest absolute Gasteiger partial charge is 0.324 e. The monoisotopic (exact) mass is 333 g/mol. The lowest BCUT2D eigenvalue weighted by Gasteiger charge is -2.12. The van der Waals surface area contributed by atoms with Crippen LogP contribution >= 0.6 is 15.9 Å². The fourth-order valence-electron chi connectivity index (χ4n) is 1.83. The van der Waals surface area contributed by atoms with Crippen LogP contribution in [0.4, 0.5) is 5.82 Å². The van der Waals surface area contributed by atoms with Crippen LogP contribution in [0.15, 0.2) is 53.1 Å². The summed E-state index contributed by atoms with van der Waals surface area (Å²) in [6, 6.07) is 13.3. The zero-order chi connectivity index (χ0) is 14.4. The highest BCUT2D eigenvalue weighted by Gasteiger charge is 2.10. The van der Waals surface area contributed by atoms with Crippen molar-refractivity contribution >= 4 is 27.7 Å². The van der Waals surface area contributed by atoms with Crippen LogP contribution in [-0.4, -0.2) is 10.9 Å². The Morgan fingerprint density at radius 1 is 1.25 bits per heavy atom. The minimum atomic E-state index is -0.130. The lowest BCUT2D eigenvalue weighted by Crippen LogP contribution is -2.17. The Kier molecular flexibility index (Phi) is 5.26. The Morgan fingerprint density at radius 2 is 2.00 bits per heavy atom. The first-order valence-electron chi connectivity index (χ1n) is 6.37. The molecule has 0 aliphatic heterocycles. The maximum atomic E-state index is 11.9. The lowest BCUT2D eigenvalue weighted by molar-refractivity contribution is -0.116. The third kappa shape index (κ3) is 4.15. The molecule has 1 atom stereocenters. The summed E-state index contributed by atoms with van der Waals surface area (Å²) in [6.07, 6.45) is 2.59. The number of hydrogen-bond acceptors (Lipinski definition) is 3. The van der Waals surface area contributed by atoms with E-state index in [4.69, 9.17) is 5.73 Å². The number of nitrogens with one attached hydrogen (secondary N) is 1. The molecule has 104 valence electrons. The van der Waals surface area contributed by atoms with Crippen molar-refractivity contribution in [2.24, 2.45) is 5.73 Å². The van der Waals surface area contributed by atoms with Gasteiger partial charge in [-0.25, -0.2) is 4.98 Å². The number of amides is 1. The van der Waals surface area contributed by atoms with Gasteiger partial charge in [-0.05, 0) is 40.0 Å². The predicted octanol–water partition coefficient (Wildman–Crippen LogP) is 3.26. The zero-order valence-corrected chi connectivity index (χ0v) is 12.5. The van der Waals surface area contributed by atoms with Gasteiger partial charge in [0.2, 0.25) is 5.91 Å². The van der Waals surface area contributed by atoms with E-state index in [0.717, 1.165) is 10.0 Å². The highest BCUT2D eigenvalue weighted by molar-refractivity contribution is 9.10. The van der Waals surface area contributed by atoms with Crippen molar-refractivity contribution in [3.05, 3.63) is 58.7 Å². The van der Waals surface area contributed by atoms with E-state index in [1.54, 1.807) is 12.3 Å². The smallest absolute Gasteiger partial charge is 0.225 e. The number of nitrogens with two attached hydrogens (primary N) is 1. The molecule has 4 nitrogen and oxygen atoms in total. The second kappa shape index (κ2) is 7.17. The quantitative estimate of drug-likeness (QED) is 0.882. The van der Waals surface area contributed by atoms with Crippen LogP contribution in [0, 0.1) is 0 Å². The third-order valence-electron chi connectivity index (χ3n) is 2.93. The van der Waals surface area contributed by atoms with Crippen LogP contribution in [-0.2, 0) is 4.79 Å². The molecule has 0 fully saturated rings. The summed E-state index contributed by atoms with van der Waals surface area (Å²) in [7, 11) is 0. The van der Waals surface area contributed by atoms with Crippen LogP contribution in [0.3, 0.4) is 0 Å². The fraction of sp³-hybridized carbons (Fsp3) is 0.200. The number of rotatable bonds is 5. The molecule has 2 aromatic rings. The second-order valence-electron chi connectivity index (χ2n) is 4.44. The molecule has 0 saturated heterocycles. The van der Waals surface area contributed by atoms with Crippen LogP contribution in [0.1, 0.15) is 24.4 Å². The fourth-order valence-corrected chi connectivity index (χ4v) is 2.18. The van der Waals surface area contributed by atoms with Crippen molar-refractivity contribution < 1.29 is 4.79 Å². The van der Waals surface area contributed by atoms with Gasteiger partial charge in [-0.3, -0.25) is 4.79 Å². The summed E-state index contributed by atoms with van der Waals surface area (Å²) in [5.41, 5.74) is 7.10. The van der Waals surface area contributed by atoms with Crippen LogP contribution in [0.25, 0.3) is 0 Å². The van der Waals surface area contributed by atoms with Gasteiger partial charge >= 0.3 is 0 Å². The molecule has 1 aromatic heterocycles. The van der Waals surface area contributed by atoms with E-state index in [1.807, 2.05) is 36.4 Å². The molecule has 0 spiro atoms. The lowest BCUT2D eigenvalue weighted by atomic mass is 10.0. The van der Waals surface area contributed by atoms with Crippen molar-refractivity contribution in [3.8, 4) is 0 Å². The van der Waals surface area contributed by atoms with E-state index in [0.29, 0.717) is 18.7 Å². The molecule has 1 amide bonds. The van der Waals surface area contributed by atoms with Gasteiger partial charge in [-0.15, -0.1) is 0 Å². The zero-order valence-electron chi connectivity index (χ0n) is 10.9. The second-order valence-corrected chi connectivity index (χ2v) is 5.29. The molecule has 1 aromatic carbocycles. The average Bonchev–Trinajstić information content (AvgIpc) is 2.48. The van der Waals surface area contributed by atoms with Gasteiger partial charge in [0.15, 0.2) is 0 Å². The van der Waals surface area contributed by atoms with Gasteiger partial charge in [0, 0.05) is 18.7 Å². The molecular formula is C15H16BrN3O. The highest BCUT2D eigenvalue weighted by Crippen LogP contribution is 2.19. The van der Waals surface area contributed by atoms with Gasteiger partial charge in [-0.2, -0.15) is 0 Å². The molecule has 0 radical (unpaired) electrons. The predicted molar refractivity (Wildman–Crippen MR) is 83.2 cm³/mol. The van der Waals surface area contributed by atoms with Gasteiger partial charge in [0.05, 0.1) is 4.47 Å². The maximum Gasteiger partial charge on any atom is 0.225 e. The number of benzene rings is 1. The van der Waals surface area contributed by atoms with Crippen LogP contribution in [0.5, 0.6) is 0 Å². The summed E-state index contributed by atoms with van der Waals surface area (Å²) >= 11 is 3.34. The first kappa shape index (κ1) is 14.7. The summed E-state index contributed by atoms with van der Waals surface area (Å²) in [5.74, 6) is 0.446. The molecule has 3 N–H and O–H groups in total. The molecule has 1 heterocycles.